The van der Waals surface area contributed by atoms with Gasteiger partial charge in [-0.2, -0.15) is 16.6 Å². The van der Waals surface area contributed by atoms with Crippen LogP contribution in [0.15, 0.2) is 29.2 Å². The lowest BCUT2D eigenvalue weighted by atomic mass is 10.1. The Labute approximate surface area is 132 Å². The standard InChI is InChI=1S/C15H14N4O2S/c16-8-13-14(18-5-4-17-13)21-12-2-1-6-19(9-12)15(20)11-3-7-22-10-11/h3-5,7,10,12H,1-2,6,9H2/t12-/m1/s1. The van der Waals surface area contributed by atoms with Crippen LogP contribution in [0.3, 0.4) is 0 Å². The van der Waals surface area contributed by atoms with E-state index < -0.39 is 0 Å². The van der Waals surface area contributed by atoms with Crippen molar-refractivity contribution in [3.8, 4) is 11.9 Å². The summed E-state index contributed by atoms with van der Waals surface area (Å²) >= 11 is 1.51. The predicted molar refractivity (Wildman–Crippen MR) is 80.6 cm³/mol. The second kappa shape index (κ2) is 6.54. The second-order valence-electron chi connectivity index (χ2n) is 4.97. The van der Waals surface area contributed by atoms with Crippen molar-refractivity contribution in [1.82, 2.24) is 14.9 Å². The molecule has 1 atom stereocenters. The topological polar surface area (TPSA) is 79.1 Å². The van der Waals surface area contributed by atoms with E-state index in [4.69, 9.17) is 10.00 Å². The highest BCUT2D eigenvalue weighted by Gasteiger charge is 2.26. The summed E-state index contributed by atoms with van der Waals surface area (Å²) in [5.41, 5.74) is 0.881. The van der Waals surface area contributed by atoms with Crippen molar-refractivity contribution in [2.24, 2.45) is 0 Å². The molecule has 0 saturated carbocycles. The van der Waals surface area contributed by atoms with Crippen LogP contribution in [0.5, 0.6) is 5.88 Å². The number of thiophene rings is 1. The van der Waals surface area contributed by atoms with E-state index in [1.165, 1.54) is 23.7 Å². The number of hydrogen-bond donors (Lipinski definition) is 0. The highest BCUT2D eigenvalue weighted by atomic mass is 32.1. The fraction of sp³-hybridized carbons (Fsp3) is 0.333. The first-order chi connectivity index (χ1) is 10.8. The first-order valence-corrected chi connectivity index (χ1v) is 7.91. The minimum atomic E-state index is -0.167. The van der Waals surface area contributed by atoms with Crippen LogP contribution in [-0.2, 0) is 0 Å². The number of carbonyl (C=O) groups excluding carboxylic acids is 1. The quantitative estimate of drug-likeness (QED) is 0.866. The first-order valence-electron chi connectivity index (χ1n) is 6.97. The van der Waals surface area contributed by atoms with E-state index >= 15 is 0 Å². The molecule has 0 aromatic carbocycles. The second-order valence-corrected chi connectivity index (χ2v) is 5.75. The Hall–Kier alpha value is -2.46. The number of nitriles is 1. The molecular formula is C15H14N4O2S. The summed E-state index contributed by atoms with van der Waals surface area (Å²) in [6.45, 7) is 1.22. The molecule has 6 nitrogen and oxygen atoms in total. The average Bonchev–Trinajstić information content (AvgIpc) is 3.09. The molecular weight excluding hydrogens is 300 g/mol. The Morgan fingerprint density at radius 3 is 3.09 bits per heavy atom. The molecule has 22 heavy (non-hydrogen) atoms. The van der Waals surface area contributed by atoms with Crippen LogP contribution in [0.2, 0.25) is 0 Å². The number of aromatic nitrogens is 2. The van der Waals surface area contributed by atoms with Crippen LogP contribution in [0.25, 0.3) is 0 Å². The molecule has 0 N–H and O–H groups in total. The lowest BCUT2D eigenvalue weighted by Gasteiger charge is -2.32. The minimum absolute atomic E-state index is 0.0224. The van der Waals surface area contributed by atoms with Crippen molar-refractivity contribution in [2.75, 3.05) is 13.1 Å². The molecule has 3 rings (SSSR count). The van der Waals surface area contributed by atoms with Gasteiger partial charge in [0.15, 0.2) is 0 Å². The van der Waals surface area contributed by atoms with E-state index in [0.717, 1.165) is 19.4 Å². The highest BCUT2D eigenvalue weighted by Crippen LogP contribution is 2.20. The van der Waals surface area contributed by atoms with Crippen LogP contribution >= 0.6 is 11.3 Å². The molecule has 1 saturated heterocycles. The third-order valence-corrected chi connectivity index (χ3v) is 4.17. The van der Waals surface area contributed by atoms with E-state index in [2.05, 4.69) is 9.97 Å². The molecule has 112 valence electrons. The number of piperidine rings is 1. The average molecular weight is 314 g/mol. The van der Waals surface area contributed by atoms with Crippen molar-refractivity contribution in [1.29, 1.82) is 5.26 Å². The third kappa shape index (κ3) is 3.07. The smallest absolute Gasteiger partial charge is 0.254 e. The van der Waals surface area contributed by atoms with Crippen LogP contribution in [0, 0.1) is 11.3 Å². The van der Waals surface area contributed by atoms with Gasteiger partial charge in [-0.05, 0) is 24.3 Å². The molecule has 0 aliphatic carbocycles. The minimum Gasteiger partial charge on any atom is -0.470 e. The van der Waals surface area contributed by atoms with Crippen molar-refractivity contribution in [3.63, 3.8) is 0 Å². The van der Waals surface area contributed by atoms with Crippen molar-refractivity contribution < 1.29 is 9.53 Å². The molecule has 1 aliphatic heterocycles. The number of rotatable bonds is 3. The lowest BCUT2D eigenvalue weighted by molar-refractivity contribution is 0.0526. The number of ether oxygens (including phenoxy) is 1. The van der Waals surface area contributed by atoms with Gasteiger partial charge in [0.2, 0.25) is 5.69 Å². The summed E-state index contributed by atoms with van der Waals surface area (Å²) in [6.07, 6.45) is 4.48. The zero-order valence-electron chi connectivity index (χ0n) is 11.8. The van der Waals surface area contributed by atoms with Crippen molar-refractivity contribution in [2.45, 2.75) is 18.9 Å². The van der Waals surface area contributed by atoms with E-state index in [0.29, 0.717) is 12.1 Å². The Kier molecular flexibility index (Phi) is 4.30. The number of hydrogen-bond acceptors (Lipinski definition) is 6. The molecule has 1 amide bonds. The third-order valence-electron chi connectivity index (χ3n) is 3.48. The van der Waals surface area contributed by atoms with Crippen LogP contribution < -0.4 is 4.74 Å². The maximum atomic E-state index is 12.4. The van der Waals surface area contributed by atoms with Crippen LogP contribution in [0.4, 0.5) is 0 Å². The Morgan fingerprint density at radius 1 is 1.45 bits per heavy atom. The number of amides is 1. The van der Waals surface area contributed by atoms with Gasteiger partial charge in [-0.15, -0.1) is 0 Å². The van der Waals surface area contributed by atoms with Crippen LogP contribution in [-0.4, -0.2) is 40.0 Å². The molecule has 0 bridgehead atoms. The molecule has 0 radical (unpaired) electrons. The number of carbonyl (C=O) groups is 1. The fourth-order valence-electron chi connectivity index (χ4n) is 2.43. The van der Waals surface area contributed by atoms with E-state index in [-0.39, 0.29) is 23.6 Å². The summed E-state index contributed by atoms with van der Waals surface area (Å²) in [5.74, 6) is 0.258. The Morgan fingerprint density at radius 2 is 2.32 bits per heavy atom. The van der Waals surface area contributed by atoms with Crippen molar-refractivity contribution in [3.05, 3.63) is 40.5 Å². The number of likely N-dealkylation sites (tertiary alicyclic amines) is 1. The Bertz CT molecular complexity index is 696. The van der Waals surface area contributed by atoms with Gasteiger partial charge in [-0.25, -0.2) is 9.97 Å². The molecule has 1 aliphatic rings. The van der Waals surface area contributed by atoms with Gasteiger partial charge in [-0.3, -0.25) is 4.79 Å². The van der Waals surface area contributed by atoms with Crippen molar-refractivity contribution >= 4 is 17.2 Å². The van der Waals surface area contributed by atoms with E-state index in [1.54, 1.807) is 4.90 Å². The highest BCUT2D eigenvalue weighted by molar-refractivity contribution is 7.08. The summed E-state index contributed by atoms with van der Waals surface area (Å²) < 4.78 is 5.79. The number of nitrogens with zero attached hydrogens (tertiary/aromatic N) is 4. The maximum absolute atomic E-state index is 12.4. The molecule has 2 aromatic rings. The molecule has 0 unspecified atom stereocenters. The summed E-state index contributed by atoms with van der Waals surface area (Å²) in [5, 5.41) is 12.8. The molecule has 1 fully saturated rings. The zero-order valence-corrected chi connectivity index (χ0v) is 12.6. The Balaban J connectivity index is 1.68. The predicted octanol–water partition coefficient (Wildman–Crippen LogP) is 2.09. The SMILES string of the molecule is N#Cc1nccnc1O[C@@H]1CCCN(C(=O)c2ccsc2)C1. The van der Waals surface area contributed by atoms with Crippen LogP contribution in [0.1, 0.15) is 28.9 Å². The van der Waals surface area contributed by atoms with Gasteiger partial charge in [-0.1, -0.05) is 0 Å². The van der Waals surface area contributed by atoms with Gasteiger partial charge >= 0.3 is 0 Å². The summed E-state index contributed by atoms with van der Waals surface area (Å²) in [6, 6.07) is 3.79. The van der Waals surface area contributed by atoms with Gasteiger partial charge in [0, 0.05) is 24.3 Å². The monoisotopic (exact) mass is 314 g/mol. The zero-order chi connectivity index (χ0) is 15.4. The first kappa shape index (κ1) is 14.5. The molecule has 3 heterocycles. The molecule has 0 spiro atoms. The molecule has 7 heteroatoms. The van der Waals surface area contributed by atoms with Gasteiger partial charge < -0.3 is 9.64 Å². The fourth-order valence-corrected chi connectivity index (χ4v) is 3.06. The lowest BCUT2D eigenvalue weighted by Crippen LogP contribution is -2.44. The maximum Gasteiger partial charge on any atom is 0.254 e. The normalized spacial score (nSPS) is 17.8. The molecule has 2 aromatic heterocycles. The van der Waals surface area contributed by atoms with E-state index in [9.17, 15) is 4.79 Å². The van der Waals surface area contributed by atoms with Gasteiger partial charge in [0.1, 0.15) is 12.2 Å². The van der Waals surface area contributed by atoms with E-state index in [1.807, 2.05) is 22.9 Å². The largest absolute Gasteiger partial charge is 0.470 e. The van der Waals surface area contributed by atoms with Gasteiger partial charge in [0.25, 0.3) is 11.8 Å². The van der Waals surface area contributed by atoms with Gasteiger partial charge in [0.05, 0.1) is 12.1 Å². The summed E-state index contributed by atoms with van der Waals surface area (Å²) in [4.78, 5) is 22.2. The summed E-state index contributed by atoms with van der Waals surface area (Å²) in [7, 11) is 0.